The van der Waals surface area contributed by atoms with Crippen molar-refractivity contribution in [3.8, 4) is 0 Å². The molecule has 0 heterocycles. The van der Waals surface area contributed by atoms with E-state index in [1.54, 1.807) is 6.26 Å². The summed E-state index contributed by atoms with van der Waals surface area (Å²) in [5, 5.41) is 0. The summed E-state index contributed by atoms with van der Waals surface area (Å²) < 4.78 is 19.2. The molecule has 12 heavy (non-hydrogen) atoms. The van der Waals surface area contributed by atoms with Crippen molar-refractivity contribution in [1.82, 2.24) is 4.72 Å². The smallest absolute Gasteiger partial charge is 0.0608 e. The molecular formula is C8H19NO2S. The fourth-order valence-corrected chi connectivity index (χ4v) is 1.13. The Bertz CT molecular complexity index is 214. The maximum atomic E-state index is 11.0. The molecule has 0 bridgehead atoms. The zero-order chi connectivity index (χ0) is 9.83. The average molecular weight is 193 g/mol. The van der Waals surface area contributed by atoms with Crippen molar-refractivity contribution in [2.24, 2.45) is 0 Å². The molecule has 74 valence electrons. The van der Waals surface area contributed by atoms with Gasteiger partial charge in [0.25, 0.3) is 0 Å². The number of ether oxygens (including phenoxy) is 1. The van der Waals surface area contributed by atoms with Gasteiger partial charge in [-0.05, 0) is 26.6 Å². The SMILES string of the molecule is C=S(C)(=O)NCCOC(C)(C)C. The molecule has 3 nitrogen and oxygen atoms in total. The second-order valence-corrected chi connectivity index (χ2v) is 6.16. The summed E-state index contributed by atoms with van der Waals surface area (Å²) in [5.41, 5.74) is -0.128. The first-order chi connectivity index (χ1) is 5.21. The fourth-order valence-electron chi connectivity index (χ4n) is 0.615. The molecule has 0 aliphatic carbocycles. The van der Waals surface area contributed by atoms with Crippen molar-refractivity contribution < 1.29 is 8.95 Å². The minimum absolute atomic E-state index is 0.128. The van der Waals surface area contributed by atoms with Crippen LogP contribution in [0.4, 0.5) is 0 Å². The van der Waals surface area contributed by atoms with Crippen molar-refractivity contribution in [3.63, 3.8) is 0 Å². The van der Waals surface area contributed by atoms with Crippen LogP contribution in [-0.4, -0.2) is 35.1 Å². The molecule has 0 saturated carbocycles. The van der Waals surface area contributed by atoms with Crippen molar-refractivity contribution in [2.75, 3.05) is 19.4 Å². The van der Waals surface area contributed by atoms with Gasteiger partial charge in [0, 0.05) is 22.5 Å². The lowest BCUT2D eigenvalue weighted by Gasteiger charge is -2.19. The van der Waals surface area contributed by atoms with Crippen molar-refractivity contribution in [3.05, 3.63) is 0 Å². The minimum Gasteiger partial charge on any atom is -0.375 e. The molecule has 1 atom stereocenters. The van der Waals surface area contributed by atoms with Crippen LogP contribution in [0.2, 0.25) is 0 Å². The van der Waals surface area contributed by atoms with E-state index in [2.05, 4.69) is 10.6 Å². The molecule has 0 amide bonds. The first kappa shape index (κ1) is 11.9. The molecule has 0 rings (SSSR count). The van der Waals surface area contributed by atoms with E-state index in [0.717, 1.165) is 0 Å². The van der Waals surface area contributed by atoms with E-state index in [9.17, 15) is 4.21 Å². The summed E-state index contributed by atoms with van der Waals surface area (Å²) in [6.07, 6.45) is 1.57. The van der Waals surface area contributed by atoms with E-state index in [-0.39, 0.29) is 5.60 Å². The van der Waals surface area contributed by atoms with Crippen molar-refractivity contribution in [2.45, 2.75) is 26.4 Å². The maximum Gasteiger partial charge on any atom is 0.0608 e. The normalized spacial score (nSPS) is 17.3. The first-order valence-corrected chi connectivity index (χ1v) is 6.05. The Labute approximate surface area is 75.6 Å². The Kier molecular flexibility index (Phi) is 4.23. The van der Waals surface area contributed by atoms with Crippen LogP contribution >= 0.6 is 0 Å². The maximum absolute atomic E-state index is 11.0. The van der Waals surface area contributed by atoms with Crippen LogP contribution in [0.25, 0.3) is 0 Å². The summed E-state index contributed by atoms with van der Waals surface area (Å²) in [6, 6.07) is 0. The van der Waals surface area contributed by atoms with E-state index in [4.69, 9.17) is 4.74 Å². The summed E-state index contributed by atoms with van der Waals surface area (Å²) in [6.45, 7) is 7.10. The highest BCUT2D eigenvalue weighted by atomic mass is 32.2. The minimum atomic E-state index is -2.07. The monoisotopic (exact) mass is 193 g/mol. The molecule has 0 aromatic carbocycles. The molecule has 4 heteroatoms. The Balaban J connectivity index is 3.48. The number of hydrogen-bond donors (Lipinski definition) is 1. The van der Waals surface area contributed by atoms with Crippen LogP contribution in [-0.2, 0) is 14.4 Å². The predicted molar refractivity (Wildman–Crippen MR) is 54.9 cm³/mol. The second-order valence-electron chi connectivity index (χ2n) is 3.86. The highest BCUT2D eigenvalue weighted by Gasteiger charge is 2.08. The molecule has 0 spiro atoms. The lowest BCUT2D eigenvalue weighted by Crippen LogP contribution is -2.29. The largest absolute Gasteiger partial charge is 0.375 e. The van der Waals surface area contributed by atoms with E-state index in [1.807, 2.05) is 20.8 Å². The van der Waals surface area contributed by atoms with Crippen LogP contribution in [0, 0.1) is 0 Å². The molecule has 0 aliphatic rings. The third-order valence-corrected chi connectivity index (χ3v) is 1.86. The van der Waals surface area contributed by atoms with E-state index < -0.39 is 9.71 Å². The number of rotatable bonds is 4. The van der Waals surface area contributed by atoms with Crippen LogP contribution < -0.4 is 4.72 Å². The molecule has 1 unspecified atom stereocenters. The zero-order valence-corrected chi connectivity index (χ0v) is 9.16. The van der Waals surface area contributed by atoms with E-state index in [1.165, 1.54) is 0 Å². The van der Waals surface area contributed by atoms with Gasteiger partial charge < -0.3 is 4.74 Å². The van der Waals surface area contributed by atoms with Gasteiger partial charge >= 0.3 is 0 Å². The van der Waals surface area contributed by atoms with Crippen molar-refractivity contribution in [1.29, 1.82) is 0 Å². The molecule has 0 saturated heterocycles. The molecule has 1 N–H and O–H groups in total. The summed E-state index contributed by atoms with van der Waals surface area (Å²) >= 11 is 0. The second kappa shape index (κ2) is 4.25. The van der Waals surface area contributed by atoms with Crippen LogP contribution in [0.1, 0.15) is 20.8 Å². The van der Waals surface area contributed by atoms with Gasteiger partial charge in [0.1, 0.15) is 0 Å². The molecule has 0 fully saturated rings. The lowest BCUT2D eigenvalue weighted by atomic mass is 10.2. The Morgan fingerprint density at radius 2 is 2.00 bits per heavy atom. The zero-order valence-electron chi connectivity index (χ0n) is 8.35. The molecule has 0 aromatic heterocycles. The summed E-state index contributed by atoms with van der Waals surface area (Å²) in [5.74, 6) is 3.47. The van der Waals surface area contributed by atoms with Gasteiger partial charge in [-0.2, -0.15) is 0 Å². The lowest BCUT2D eigenvalue weighted by molar-refractivity contribution is 0.000889. The Morgan fingerprint density at radius 1 is 1.50 bits per heavy atom. The topological polar surface area (TPSA) is 38.3 Å². The van der Waals surface area contributed by atoms with Crippen LogP contribution in [0.3, 0.4) is 0 Å². The molecule has 0 aromatic rings. The van der Waals surface area contributed by atoms with Crippen LogP contribution in [0.5, 0.6) is 0 Å². The highest BCUT2D eigenvalue weighted by Crippen LogP contribution is 2.04. The summed E-state index contributed by atoms with van der Waals surface area (Å²) in [7, 11) is -2.07. The van der Waals surface area contributed by atoms with Gasteiger partial charge in [0.15, 0.2) is 0 Å². The van der Waals surface area contributed by atoms with Crippen LogP contribution in [0.15, 0.2) is 0 Å². The van der Waals surface area contributed by atoms with Gasteiger partial charge in [0.2, 0.25) is 0 Å². The Hall–Kier alpha value is -0.0600. The summed E-state index contributed by atoms with van der Waals surface area (Å²) in [4.78, 5) is 0. The molecule has 0 radical (unpaired) electrons. The fraction of sp³-hybridized carbons (Fsp3) is 0.875. The highest BCUT2D eigenvalue weighted by molar-refractivity contribution is 7.97. The van der Waals surface area contributed by atoms with Crippen molar-refractivity contribution >= 4 is 15.6 Å². The predicted octanol–water partition coefficient (Wildman–Crippen LogP) is 0.652. The number of hydrogen-bond acceptors (Lipinski definition) is 2. The third kappa shape index (κ3) is 9.94. The number of nitrogens with one attached hydrogen (secondary N) is 1. The van der Waals surface area contributed by atoms with Gasteiger partial charge in [0.05, 0.1) is 12.2 Å². The molecular weight excluding hydrogens is 174 g/mol. The molecule has 0 aliphatic heterocycles. The van der Waals surface area contributed by atoms with Gasteiger partial charge in [-0.15, -0.1) is 0 Å². The first-order valence-electron chi connectivity index (χ1n) is 3.91. The standard InChI is InChI=1S/C8H19NO2S/c1-8(2,3)11-7-6-9-12(4,5)10/h4,6-7H2,1-3,5H3,(H,9,10). The van der Waals surface area contributed by atoms with Gasteiger partial charge in [-0.3, -0.25) is 4.21 Å². The van der Waals surface area contributed by atoms with E-state index in [0.29, 0.717) is 13.2 Å². The van der Waals surface area contributed by atoms with Gasteiger partial charge in [-0.1, -0.05) is 0 Å². The van der Waals surface area contributed by atoms with Gasteiger partial charge in [-0.25, -0.2) is 4.72 Å². The average Bonchev–Trinajstić information content (AvgIpc) is 1.76. The third-order valence-electron chi connectivity index (χ3n) is 1.04. The quantitative estimate of drug-likeness (QED) is 0.526. The van der Waals surface area contributed by atoms with E-state index >= 15 is 0 Å². The Morgan fingerprint density at radius 3 is 2.33 bits per heavy atom.